The number of benzene rings is 1. The second-order valence-corrected chi connectivity index (χ2v) is 8.20. The second kappa shape index (κ2) is 7.63. The molecule has 5 aromatic rings. The Morgan fingerprint density at radius 1 is 1.21 bits per heavy atom. The van der Waals surface area contributed by atoms with Crippen molar-refractivity contribution in [1.82, 2.24) is 45.0 Å². The summed E-state index contributed by atoms with van der Waals surface area (Å²) in [7, 11) is 0. The highest BCUT2D eigenvalue weighted by Crippen LogP contribution is 2.30. The number of nitrogens with one attached hydrogen (secondary N) is 2. The van der Waals surface area contributed by atoms with Gasteiger partial charge in [0, 0.05) is 29.6 Å². The first-order valence-electron chi connectivity index (χ1n) is 10.9. The molecule has 4 aromatic heterocycles. The summed E-state index contributed by atoms with van der Waals surface area (Å²) < 4.78 is 9.45. The third-order valence-corrected chi connectivity index (χ3v) is 5.90. The Morgan fingerprint density at radius 2 is 2.09 bits per heavy atom. The largest absolute Gasteiger partial charge is 0.442 e. The number of fused-ring (bicyclic) bond motifs is 2. The topological polar surface area (TPSA) is 158 Å². The number of H-pyrrole nitrogens is 1. The number of rotatable bonds is 6. The molecule has 1 aromatic carbocycles. The minimum Gasteiger partial charge on any atom is -0.442 e. The molecule has 1 amide bonds. The molecule has 0 saturated heterocycles. The van der Waals surface area contributed by atoms with E-state index in [-0.39, 0.29) is 0 Å². The van der Waals surface area contributed by atoms with Crippen LogP contribution in [0, 0.1) is 6.92 Å². The van der Waals surface area contributed by atoms with Crippen LogP contribution >= 0.6 is 0 Å². The van der Waals surface area contributed by atoms with Crippen LogP contribution in [0.1, 0.15) is 40.3 Å². The number of carbonyl (C=O) groups excluding carboxylic acids is 1. The molecule has 4 N–H and O–H groups in total. The van der Waals surface area contributed by atoms with Crippen molar-refractivity contribution in [3.05, 3.63) is 53.0 Å². The van der Waals surface area contributed by atoms with Gasteiger partial charge in [0.05, 0.1) is 29.6 Å². The number of nitrogens with two attached hydrogens (primary N) is 1. The Balaban J connectivity index is 1.43. The summed E-state index contributed by atoms with van der Waals surface area (Å²) in [5.41, 5.74) is 9.99. The first-order valence-corrected chi connectivity index (χ1v) is 10.9. The number of aryl methyl sites for hydroxylation is 2. The maximum absolute atomic E-state index is 12.1. The zero-order valence-electron chi connectivity index (χ0n) is 18.7. The lowest BCUT2D eigenvalue weighted by Crippen LogP contribution is -2.12. The molecule has 0 radical (unpaired) electrons. The van der Waals surface area contributed by atoms with Crippen LogP contribution in [0.4, 0.5) is 0 Å². The molecule has 0 saturated carbocycles. The van der Waals surface area contributed by atoms with Gasteiger partial charge in [-0.3, -0.25) is 19.3 Å². The van der Waals surface area contributed by atoms with Crippen LogP contribution < -0.4 is 11.1 Å². The molecule has 0 unspecified atom stereocenters. The summed E-state index contributed by atoms with van der Waals surface area (Å²) in [6.07, 6.45) is 1.73. The zero-order chi connectivity index (χ0) is 23.4. The summed E-state index contributed by atoms with van der Waals surface area (Å²) in [6, 6.07) is 5.36. The van der Waals surface area contributed by atoms with Gasteiger partial charge in [-0.25, -0.2) is 9.97 Å². The average Bonchev–Trinajstić information content (AvgIpc) is 3.62. The van der Waals surface area contributed by atoms with E-state index in [2.05, 4.69) is 30.7 Å². The maximum Gasteiger partial charge on any atom is 0.248 e. The molecule has 12 nitrogen and oxygen atoms in total. The van der Waals surface area contributed by atoms with Crippen LogP contribution in [0.5, 0.6) is 0 Å². The normalized spacial score (nSPS) is 13.1. The standard InChI is InChI=1S/C22H22N10O2/c1-3-31-17(4-11(2)30-31)22-27-21(28-29-22)13-5-12(20(23)33)6-16-14(13)7-25-32(16)10-19-26-15-8-24-9-18(15)34-19/h4-7,24H,3,8-10H2,1-2H3,(H2,23,33)(H,27,28,29). The van der Waals surface area contributed by atoms with Gasteiger partial charge in [0.15, 0.2) is 11.6 Å². The molecule has 0 spiro atoms. The Kier molecular flexibility index (Phi) is 4.55. The van der Waals surface area contributed by atoms with E-state index < -0.39 is 5.91 Å². The van der Waals surface area contributed by atoms with Crippen LogP contribution in [0.3, 0.4) is 0 Å². The first kappa shape index (κ1) is 20.3. The third-order valence-electron chi connectivity index (χ3n) is 5.90. The van der Waals surface area contributed by atoms with E-state index in [9.17, 15) is 4.79 Å². The van der Waals surface area contributed by atoms with Crippen molar-refractivity contribution < 1.29 is 9.21 Å². The summed E-state index contributed by atoms with van der Waals surface area (Å²) >= 11 is 0. The molecule has 34 heavy (non-hydrogen) atoms. The lowest BCUT2D eigenvalue weighted by Gasteiger charge is -2.05. The number of oxazole rings is 1. The number of aromatic amines is 1. The second-order valence-electron chi connectivity index (χ2n) is 8.20. The minimum absolute atomic E-state index is 0.326. The van der Waals surface area contributed by atoms with E-state index in [1.54, 1.807) is 23.0 Å². The highest BCUT2D eigenvalue weighted by atomic mass is 16.4. The van der Waals surface area contributed by atoms with Gasteiger partial charge in [0.1, 0.15) is 18.0 Å². The molecule has 0 fully saturated rings. The van der Waals surface area contributed by atoms with Crippen LogP contribution in [-0.2, 0) is 26.2 Å². The van der Waals surface area contributed by atoms with Gasteiger partial charge in [-0.2, -0.15) is 15.3 Å². The molecule has 5 heterocycles. The van der Waals surface area contributed by atoms with Crippen LogP contribution in [0.2, 0.25) is 0 Å². The fourth-order valence-electron chi connectivity index (χ4n) is 4.31. The molecular formula is C22H22N10O2. The number of hydrogen-bond donors (Lipinski definition) is 3. The molecule has 1 aliphatic heterocycles. The van der Waals surface area contributed by atoms with E-state index in [0.717, 1.165) is 28.2 Å². The van der Waals surface area contributed by atoms with Crippen molar-refractivity contribution in [2.45, 2.75) is 40.0 Å². The van der Waals surface area contributed by atoms with Crippen molar-refractivity contribution in [3.63, 3.8) is 0 Å². The average molecular weight is 458 g/mol. The lowest BCUT2D eigenvalue weighted by molar-refractivity contribution is 0.100. The van der Waals surface area contributed by atoms with Gasteiger partial charge < -0.3 is 15.5 Å². The fourth-order valence-corrected chi connectivity index (χ4v) is 4.31. The molecule has 1 aliphatic rings. The predicted octanol–water partition coefficient (Wildman–Crippen LogP) is 1.75. The number of nitrogens with zero attached hydrogens (tertiary/aromatic N) is 7. The van der Waals surface area contributed by atoms with Crippen LogP contribution in [0.25, 0.3) is 33.8 Å². The zero-order valence-corrected chi connectivity index (χ0v) is 18.7. The third kappa shape index (κ3) is 3.27. The number of carbonyl (C=O) groups is 1. The van der Waals surface area contributed by atoms with E-state index in [1.165, 1.54) is 0 Å². The van der Waals surface area contributed by atoms with E-state index in [4.69, 9.17) is 15.1 Å². The van der Waals surface area contributed by atoms with Crippen molar-refractivity contribution >= 4 is 16.8 Å². The lowest BCUT2D eigenvalue weighted by atomic mass is 10.0. The summed E-state index contributed by atoms with van der Waals surface area (Å²) in [6.45, 7) is 6.33. The van der Waals surface area contributed by atoms with Gasteiger partial charge in [0.2, 0.25) is 11.8 Å². The highest BCUT2D eigenvalue weighted by molar-refractivity contribution is 6.02. The smallest absolute Gasteiger partial charge is 0.248 e. The van der Waals surface area contributed by atoms with E-state index in [0.29, 0.717) is 60.4 Å². The Bertz CT molecular complexity index is 1530. The Morgan fingerprint density at radius 3 is 2.88 bits per heavy atom. The summed E-state index contributed by atoms with van der Waals surface area (Å²) in [4.78, 5) is 21.4. The van der Waals surface area contributed by atoms with E-state index in [1.807, 2.05) is 24.6 Å². The molecule has 0 aliphatic carbocycles. The van der Waals surface area contributed by atoms with Crippen LogP contribution in [-0.4, -0.2) is 45.6 Å². The molecule has 172 valence electrons. The van der Waals surface area contributed by atoms with E-state index >= 15 is 0 Å². The van der Waals surface area contributed by atoms with Gasteiger partial charge in [-0.15, -0.1) is 0 Å². The first-order chi connectivity index (χ1) is 16.5. The van der Waals surface area contributed by atoms with Crippen molar-refractivity contribution in [1.29, 1.82) is 0 Å². The highest BCUT2D eigenvalue weighted by Gasteiger charge is 2.21. The predicted molar refractivity (Wildman–Crippen MR) is 121 cm³/mol. The molecule has 6 rings (SSSR count). The molecule has 0 bridgehead atoms. The summed E-state index contributed by atoms with van der Waals surface area (Å²) in [5.74, 6) is 1.88. The van der Waals surface area contributed by atoms with Gasteiger partial charge in [-0.05, 0) is 32.0 Å². The number of aromatic nitrogens is 8. The minimum atomic E-state index is -0.549. The summed E-state index contributed by atoms with van der Waals surface area (Å²) in [5, 5.41) is 20.4. The number of amides is 1. The number of hydrogen-bond acceptors (Lipinski definition) is 8. The Labute approximate surface area is 193 Å². The van der Waals surface area contributed by atoms with Crippen molar-refractivity contribution in [2.75, 3.05) is 0 Å². The van der Waals surface area contributed by atoms with Crippen LogP contribution in [0.15, 0.2) is 28.8 Å². The molecule has 0 atom stereocenters. The van der Waals surface area contributed by atoms with Crippen molar-refractivity contribution in [3.8, 4) is 22.9 Å². The maximum atomic E-state index is 12.1. The number of primary amides is 1. The monoisotopic (exact) mass is 458 g/mol. The SMILES string of the molecule is CCn1nc(C)cc1-c1nc(-c2cc(C(N)=O)cc3c2cnn3Cc2nc3c(o2)CNC3)n[nH]1. The Hall–Kier alpha value is -4.32. The quantitative estimate of drug-likeness (QED) is 0.347. The molecule has 12 heteroatoms. The van der Waals surface area contributed by atoms with Gasteiger partial charge >= 0.3 is 0 Å². The van der Waals surface area contributed by atoms with Crippen molar-refractivity contribution in [2.24, 2.45) is 5.73 Å². The van der Waals surface area contributed by atoms with Gasteiger partial charge in [0.25, 0.3) is 0 Å². The van der Waals surface area contributed by atoms with Gasteiger partial charge in [-0.1, -0.05) is 0 Å². The molecular weight excluding hydrogens is 436 g/mol. The fraction of sp³-hybridized carbons (Fsp3) is 0.273.